The van der Waals surface area contributed by atoms with E-state index in [1.165, 1.54) is 4.90 Å². The number of aromatic nitrogens is 1. The molecule has 2 fully saturated rings. The van der Waals surface area contributed by atoms with Crippen molar-refractivity contribution in [2.45, 2.75) is 25.5 Å². The molecule has 0 radical (unpaired) electrons. The van der Waals surface area contributed by atoms with Crippen LogP contribution in [0.2, 0.25) is 0 Å². The maximum absolute atomic E-state index is 12.9. The molecule has 2 amide bonds. The molecule has 6 nitrogen and oxygen atoms in total. The van der Waals surface area contributed by atoms with Gasteiger partial charge in [0.05, 0.1) is 11.7 Å². The average Bonchev–Trinajstić information content (AvgIpc) is 3.16. The summed E-state index contributed by atoms with van der Waals surface area (Å²) in [6.07, 6.45) is 3.35. The van der Waals surface area contributed by atoms with Gasteiger partial charge in [0.2, 0.25) is 5.91 Å². The third-order valence-electron chi connectivity index (χ3n) is 4.71. The molecule has 2 aromatic rings. The average molecular weight is 337 g/mol. The first kappa shape index (κ1) is 15.8. The van der Waals surface area contributed by atoms with Crippen LogP contribution in [-0.4, -0.2) is 34.3 Å². The molecule has 1 aromatic carbocycles. The summed E-state index contributed by atoms with van der Waals surface area (Å²) in [6, 6.07) is 12.9. The number of rotatable bonds is 4. The van der Waals surface area contributed by atoms with Crippen LogP contribution in [-0.2, 0) is 14.4 Å². The molecule has 2 aliphatic heterocycles. The Labute approximate surface area is 146 Å². The minimum absolute atomic E-state index is 0.155. The van der Waals surface area contributed by atoms with Crippen LogP contribution in [0.3, 0.4) is 0 Å². The van der Waals surface area contributed by atoms with E-state index in [1.807, 2.05) is 49.4 Å². The summed E-state index contributed by atoms with van der Waals surface area (Å²) in [5.41, 5.74) is 1.73. The van der Waals surface area contributed by atoms with Crippen molar-refractivity contribution in [2.24, 2.45) is 5.92 Å². The fourth-order valence-electron chi connectivity index (χ4n) is 3.61. The Hall–Kier alpha value is -2.73. The lowest BCUT2D eigenvalue weighted by Gasteiger charge is -2.28. The van der Waals surface area contributed by atoms with Crippen LogP contribution in [0.1, 0.15) is 24.9 Å². The molecule has 3 atom stereocenters. The highest BCUT2D eigenvalue weighted by atomic mass is 16.7. The van der Waals surface area contributed by atoms with Crippen molar-refractivity contribution in [3.63, 3.8) is 0 Å². The molecule has 0 aliphatic carbocycles. The zero-order valence-corrected chi connectivity index (χ0v) is 13.9. The molecule has 0 unspecified atom stereocenters. The normalized spacial score (nSPS) is 25.6. The number of likely N-dealkylation sites (tertiary alicyclic amines) is 1. The highest BCUT2D eigenvalue weighted by Gasteiger charge is 2.59. The van der Waals surface area contributed by atoms with Gasteiger partial charge in [0, 0.05) is 18.9 Å². The van der Waals surface area contributed by atoms with Crippen LogP contribution in [0.5, 0.6) is 0 Å². The fourth-order valence-corrected chi connectivity index (χ4v) is 3.61. The molecule has 25 heavy (non-hydrogen) atoms. The van der Waals surface area contributed by atoms with Gasteiger partial charge in [-0.3, -0.25) is 24.3 Å². The second-order valence-corrected chi connectivity index (χ2v) is 6.27. The number of hydroxylamine groups is 1. The summed E-state index contributed by atoms with van der Waals surface area (Å²) in [6.45, 7) is 2.38. The van der Waals surface area contributed by atoms with E-state index in [-0.39, 0.29) is 17.9 Å². The maximum Gasteiger partial charge on any atom is 0.261 e. The number of imide groups is 1. The van der Waals surface area contributed by atoms with Crippen LogP contribution < -0.4 is 5.06 Å². The lowest BCUT2D eigenvalue weighted by atomic mass is 9.91. The number of carbonyl (C=O) groups is 2. The highest BCUT2D eigenvalue weighted by Crippen LogP contribution is 2.46. The number of hydrogen-bond donors (Lipinski definition) is 0. The van der Waals surface area contributed by atoms with Gasteiger partial charge in [-0.25, -0.2) is 5.06 Å². The second kappa shape index (κ2) is 6.29. The second-order valence-electron chi connectivity index (χ2n) is 6.27. The molecule has 6 heteroatoms. The minimum Gasteiger partial charge on any atom is -0.280 e. The van der Waals surface area contributed by atoms with E-state index in [0.717, 1.165) is 17.7 Å². The summed E-state index contributed by atoms with van der Waals surface area (Å²) >= 11 is 0. The van der Waals surface area contributed by atoms with Gasteiger partial charge >= 0.3 is 0 Å². The van der Waals surface area contributed by atoms with E-state index in [4.69, 9.17) is 4.84 Å². The van der Waals surface area contributed by atoms with Crippen LogP contribution in [0.25, 0.3) is 0 Å². The predicted molar refractivity (Wildman–Crippen MR) is 91.3 cm³/mol. The van der Waals surface area contributed by atoms with Gasteiger partial charge in [0.15, 0.2) is 6.10 Å². The topological polar surface area (TPSA) is 62.7 Å². The molecule has 0 bridgehead atoms. The summed E-state index contributed by atoms with van der Waals surface area (Å²) < 4.78 is 0. The minimum atomic E-state index is -0.766. The fraction of sp³-hybridized carbons (Fsp3) is 0.316. The number of nitrogens with zero attached hydrogens (tertiary/aromatic N) is 3. The Bertz CT molecular complexity index is 781. The number of fused-ring (bicyclic) bond motifs is 1. The molecule has 1 aromatic heterocycles. The van der Waals surface area contributed by atoms with Crippen molar-refractivity contribution in [3.8, 4) is 0 Å². The molecule has 2 saturated heterocycles. The molecule has 0 saturated carbocycles. The molecule has 0 spiro atoms. The van der Waals surface area contributed by atoms with Crippen molar-refractivity contribution in [3.05, 3.63) is 60.4 Å². The molecular formula is C19H19N3O3. The lowest BCUT2D eigenvalue weighted by Crippen LogP contribution is -2.37. The largest absolute Gasteiger partial charge is 0.280 e. The number of pyridine rings is 1. The number of carbonyl (C=O) groups excluding carboxylic acids is 2. The number of anilines is 1. The summed E-state index contributed by atoms with van der Waals surface area (Å²) in [5.74, 6) is -0.937. The Balaban J connectivity index is 1.77. The Morgan fingerprint density at radius 1 is 1.04 bits per heavy atom. The lowest BCUT2D eigenvalue weighted by molar-refractivity contribution is -0.143. The Kier molecular flexibility index (Phi) is 3.97. The van der Waals surface area contributed by atoms with Crippen molar-refractivity contribution >= 4 is 17.5 Å². The molecule has 4 rings (SSSR count). The van der Waals surface area contributed by atoms with Crippen molar-refractivity contribution in [1.82, 2.24) is 9.88 Å². The van der Waals surface area contributed by atoms with E-state index in [0.29, 0.717) is 6.54 Å². The molecular weight excluding hydrogens is 318 g/mol. The van der Waals surface area contributed by atoms with Crippen molar-refractivity contribution in [2.75, 3.05) is 11.6 Å². The zero-order chi connectivity index (χ0) is 17.4. The Morgan fingerprint density at radius 3 is 2.44 bits per heavy atom. The molecule has 0 N–H and O–H groups in total. The zero-order valence-electron chi connectivity index (χ0n) is 13.9. The van der Waals surface area contributed by atoms with Crippen LogP contribution >= 0.6 is 0 Å². The van der Waals surface area contributed by atoms with E-state index >= 15 is 0 Å². The van der Waals surface area contributed by atoms with Gasteiger partial charge < -0.3 is 0 Å². The van der Waals surface area contributed by atoms with E-state index in [2.05, 4.69) is 4.98 Å². The summed E-state index contributed by atoms with van der Waals surface area (Å²) in [4.78, 5) is 37.0. The highest BCUT2D eigenvalue weighted by molar-refractivity contribution is 6.07. The van der Waals surface area contributed by atoms with Crippen molar-refractivity contribution < 1.29 is 14.4 Å². The smallest absolute Gasteiger partial charge is 0.261 e. The van der Waals surface area contributed by atoms with Crippen LogP contribution in [0.15, 0.2) is 54.9 Å². The number of hydrogen-bond acceptors (Lipinski definition) is 5. The maximum atomic E-state index is 12.9. The number of amides is 2. The van der Waals surface area contributed by atoms with Crippen LogP contribution in [0.4, 0.5) is 5.69 Å². The number of benzene rings is 1. The van der Waals surface area contributed by atoms with Gasteiger partial charge in [-0.2, -0.15) is 0 Å². The third kappa shape index (κ3) is 2.49. The van der Waals surface area contributed by atoms with E-state index in [9.17, 15) is 9.59 Å². The third-order valence-corrected chi connectivity index (χ3v) is 4.71. The SMILES string of the molecule is CCCN1C(=O)[C@@H]2[C@H](ON(c3ccccc3)[C@H]2c2ccncc2)C1=O. The summed E-state index contributed by atoms with van der Waals surface area (Å²) in [5, 5.41) is 1.70. The first-order valence-electron chi connectivity index (χ1n) is 8.48. The van der Waals surface area contributed by atoms with Gasteiger partial charge in [-0.15, -0.1) is 0 Å². The van der Waals surface area contributed by atoms with Gasteiger partial charge in [-0.05, 0) is 36.2 Å². The van der Waals surface area contributed by atoms with Gasteiger partial charge in [0.25, 0.3) is 5.91 Å². The Morgan fingerprint density at radius 2 is 1.76 bits per heavy atom. The molecule has 128 valence electrons. The first-order chi connectivity index (χ1) is 12.2. The predicted octanol–water partition coefficient (Wildman–Crippen LogP) is 2.34. The standard InChI is InChI=1S/C19H19N3O3/c1-2-12-21-18(23)15-16(13-8-10-20-11-9-13)22(25-17(15)19(21)24)14-6-4-3-5-7-14/h3-11,15-17H,2,12H2,1H3/t15-,16-,17-/m0/s1. The van der Waals surface area contributed by atoms with E-state index < -0.39 is 12.0 Å². The summed E-state index contributed by atoms with van der Waals surface area (Å²) in [7, 11) is 0. The molecule has 3 heterocycles. The monoisotopic (exact) mass is 337 g/mol. The van der Waals surface area contributed by atoms with E-state index in [1.54, 1.807) is 17.5 Å². The number of para-hydroxylation sites is 1. The van der Waals surface area contributed by atoms with Gasteiger partial charge in [0.1, 0.15) is 5.92 Å². The van der Waals surface area contributed by atoms with Gasteiger partial charge in [-0.1, -0.05) is 25.1 Å². The van der Waals surface area contributed by atoms with Crippen LogP contribution in [0, 0.1) is 5.92 Å². The quantitative estimate of drug-likeness (QED) is 0.802. The van der Waals surface area contributed by atoms with Crippen molar-refractivity contribution in [1.29, 1.82) is 0 Å². The molecule has 2 aliphatic rings. The first-order valence-corrected chi connectivity index (χ1v) is 8.48.